The maximum Gasteiger partial charge on any atom is 0.0482 e. The first-order valence-corrected chi connectivity index (χ1v) is 12.2. The van der Waals surface area contributed by atoms with Gasteiger partial charge in [-0.25, -0.2) is 0 Å². The van der Waals surface area contributed by atoms with Crippen LogP contribution in [0.1, 0.15) is 11.3 Å². The van der Waals surface area contributed by atoms with E-state index in [1.165, 1.54) is 46.8 Å². The van der Waals surface area contributed by atoms with Crippen LogP contribution in [0.5, 0.6) is 0 Å². The van der Waals surface area contributed by atoms with Crippen molar-refractivity contribution in [2.24, 2.45) is 0 Å². The average molecular weight is 436 g/mol. The molecular formula is C28H21NS2. The van der Waals surface area contributed by atoms with Crippen molar-refractivity contribution in [3.8, 4) is 10.4 Å². The Bertz CT molecular complexity index is 1370. The van der Waals surface area contributed by atoms with Crippen molar-refractivity contribution in [3.63, 3.8) is 0 Å². The van der Waals surface area contributed by atoms with E-state index in [-0.39, 0.29) is 0 Å². The first-order valence-electron chi connectivity index (χ1n) is 10.5. The van der Waals surface area contributed by atoms with Gasteiger partial charge in [0.25, 0.3) is 0 Å². The Balaban J connectivity index is 1.14. The van der Waals surface area contributed by atoms with E-state index >= 15 is 0 Å². The summed E-state index contributed by atoms with van der Waals surface area (Å²) in [5.74, 6) is 0. The molecule has 0 bridgehead atoms. The van der Waals surface area contributed by atoms with Crippen molar-refractivity contribution in [3.05, 3.63) is 108 Å². The summed E-state index contributed by atoms with van der Waals surface area (Å²) < 4.78 is 2.69. The largest absolute Gasteiger partial charge is 0.379 e. The maximum atomic E-state index is 3.66. The summed E-state index contributed by atoms with van der Waals surface area (Å²) in [5.41, 5.74) is 3.77. The lowest BCUT2D eigenvalue weighted by molar-refractivity contribution is 0.886. The second-order valence-electron chi connectivity index (χ2n) is 7.88. The standard InChI is InChI=1S/C28H21NS2/c1-3-7-25-21(5-1)17-27(30-25)19-9-13-23(14-10-19)29-24-15-11-20(12-16-24)28-18-22-6-2-4-8-26(22)31-28/h1-15,17-18,24,29H,16H2. The summed E-state index contributed by atoms with van der Waals surface area (Å²) in [5, 5.41) is 6.31. The van der Waals surface area contributed by atoms with Gasteiger partial charge in [-0.3, -0.25) is 0 Å². The van der Waals surface area contributed by atoms with Crippen LogP contribution in [0.3, 0.4) is 0 Å². The van der Waals surface area contributed by atoms with Crippen LogP contribution in [-0.2, 0) is 0 Å². The number of fused-ring (bicyclic) bond motifs is 2. The second-order valence-corrected chi connectivity index (χ2v) is 10.0. The molecule has 0 saturated heterocycles. The Morgan fingerprint density at radius 1 is 0.710 bits per heavy atom. The van der Waals surface area contributed by atoms with E-state index in [1.807, 2.05) is 22.7 Å². The van der Waals surface area contributed by atoms with E-state index in [9.17, 15) is 0 Å². The lowest BCUT2D eigenvalue weighted by atomic mass is 10.0. The van der Waals surface area contributed by atoms with Crippen molar-refractivity contribution < 1.29 is 0 Å². The third-order valence-electron chi connectivity index (χ3n) is 5.76. The molecule has 2 aromatic heterocycles. The Hall–Kier alpha value is -3.14. The van der Waals surface area contributed by atoms with Gasteiger partial charge < -0.3 is 5.32 Å². The molecular weight excluding hydrogens is 414 g/mol. The van der Waals surface area contributed by atoms with Gasteiger partial charge in [0.15, 0.2) is 0 Å². The molecule has 0 aliphatic heterocycles. The highest BCUT2D eigenvalue weighted by atomic mass is 32.1. The highest BCUT2D eigenvalue weighted by molar-refractivity contribution is 7.22. The number of allylic oxidation sites excluding steroid dienone is 2. The number of benzene rings is 3. The molecule has 31 heavy (non-hydrogen) atoms. The number of nitrogens with one attached hydrogen (secondary N) is 1. The predicted molar refractivity (Wildman–Crippen MR) is 138 cm³/mol. The van der Waals surface area contributed by atoms with E-state index in [4.69, 9.17) is 0 Å². The zero-order valence-electron chi connectivity index (χ0n) is 16.9. The Morgan fingerprint density at radius 3 is 2.00 bits per heavy atom. The number of hydrogen-bond acceptors (Lipinski definition) is 3. The minimum absolute atomic E-state index is 0.327. The van der Waals surface area contributed by atoms with Crippen LogP contribution < -0.4 is 5.32 Å². The van der Waals surface area contributed by atoms with Crippen LogP contribution >= 0.6 is 22.7 Å². The van der Waals surface area contributed by atoms with E-state index in [2.05, 4.69) is 108 Å². The van der Waals surface area contributed by atoms with Gasteiger partial charge in [0, 0.05) is 30.9 Å². The summed E-state index contributed by atoms with van der Waals surface area (Å²) >= 11 is 3.72. The fraction of sp³-hybridized carbons (Fsp3) is 0.0714. The molecule has 1 atom stereocenters. The maximum absolute atomic E-state index is 3.66. The number of thiophene rings is 2. The highest BCUT2D eigenvalue weighted by Crippen LogP contribution is 2.35. The van der Waals surface area contributed by atoms with Crippen LogP contribution in [0.15, 0.2) is 103 Å². The van der Waals surface area contributed by atoms with Crippen LogP contribution in [0, 0.1) is 0 Å². The Labute approximate surface area is 190 Å². The summed E-state index contributed by atoms with van der Waals surface area (Å²) in [7, 11) is 0. The molecule has 1 aliphatic rings. The van der Waals surface area contributed by atoms with Crippen molar-refractivity contribution in [1.82, 2.24) is 0 Å². The Kier molecular flexibility index (Phi) is 4.71. The summed E-state index contributed by atoms with van der Waals surface area (Å²) in [6.07, 6.45) is 7.91. The van der Waals surface area contributed by atoms with Crippen LogP contribution in [0.4, 0.5) is 5.69 Å². The second kappa shape index (κ2) is 7.84. The van der Waals surface area contributed by atoms with Gasteiger partial charge in [-0.1, -0.05) is 66.8 Å². The minimum atomic E-state index is 0.327. The quantitative estimate of drug-likeness (QED) is 0.298. The molecule has 1 nitrogen and oxygen atoms in total. The van der Waals surface area contributed by atoms with E-state index in [0.29, 0.717) is 6.04 Å². The van der Waals surface area contributed by atoms with Crippen molar-refractivity contribution in [1.29, 1.82) is 0 Å². The monoisotopic (exact) mass is 435 g/mol. The first kappa shape index (κ1) is 18.6. The molecule has 1 aliphatic carbocycles. The molecule has 0 radical (unpaired) electrons. The molecule has 0 fully saturated rings. The summed E-state index contributed by atoms with van der Waals surface area (Å²) in [6.45, 7) is 0. The molecule has 0 saturated carbocycles. The van der Waals surface area contributed by atoms with Gasteiger partial charge in [0.1, 0.15) is 0 Å². The number of hydrogen-bond donors (Lipinski definition) is 1. The average Bonchev–Trinajstić information content (AvgIpc) is 3.44. The SMILES string of the molecule is C1=CC(Nc2ccc(-c3cc4ccccc4s3)cc2)CC=C1c1cc2ccccc2s1. The molecule has 0 spiro atoms. The van der Waals surface area contributed by atoms with Crippen molar-refractivity contribution >= 4 is 54.1 Å². The lowest BCUT2D eigenvalue weighted by Crippen LogP contribution is -2.17. The normalized spacial score (nSPS) is 16.0. The number of rotatable bonds is 4. The molecule has 2 heterocycles. The van der Waals surface area contributed by atoms with Crippen molar-refractivity contribution in [2.45, 2.75) is 12.5 Å². The fourth-order valence-electron chi connectivity index (χ4n) is 4.10. The molecule has 1 N–H and O–H groups in total. The molecule has 150 valence electrons. The predicted octanol–water partition coefficient (Wildman–Crippen LogP) is 8.61. The Morgan fingerprint density at radius 2 is 1.35 bits per heavy atom. The molecule has 1 unspecified atom stereocenters. The summed E-state index contributed by atoms with van der Waals surface area (Å²) in [4.78, 5) is 2.67. The van der Waals surface area contributed by atoms with Crippen LogP contribution in [0.25, 0.3) is 36.2 Å². The molecule has 3 aromatic carbocycles. The van der Waals surface area contributed by atoms with Gasteiger partial charge in [-0.2, -0.15) is 0 Å². The molecule has 0 amide bonds. The van der Waals surface area contributed by atoms with E-state index in [1.54, 1.807) is 0 Å². The highest BCUT2D eigenvalue weighted by Gasteiger charge is 2.12. The van der Waals surface area contributed by atoms with Crippen LogP contribution in [-0.4, -0.2) is 6.04 Å². The topological polar surface area (TPSA) is 12.0 Å². The summed E-state index contributed by atoms with van der Waals surface area (Å²) in [6, 6.07) is 30.9. The third-order valence-corrected chi connectivity index (χ3v) is 8.09. The third kappa shape index (κ3) is 3.71. The van der Waals surface area contributed by atoms with Gasteiger partial charge in [0.2, 0.25) is 0 Å². The van der Waals surface area contributed by atoms with Crippen LogP contribution in [0.2, 0.25) is 0 Å². The fourth-order valence-corrected chi connectivity index (χ4v) is 6.25. The molecule has 3 heteroatoms. The van der Waals surface area contributed by atoms with Gasteiger partial charge in [-0.05, 0) is 64.7 Å². The smallest absolute Gasteiger partial charge is 0.0482 e. The minimum Gasteiger partial charge on any atom is -0.379 e. The zero-order valence-corrected chi connectivity index (χ0v) is 18.5. The zero-order chi connectivity index (χ0) is 20.6. The van der Waals surface area contributed by atoms with Gasteiger partial charge in [-0.15, -0.1) is 22.7 Å². The molecule has 6 rings (SSSR count). The van der Waals surface area contributed by atoms with Gasteiger partial charge >= 0.3 is 0 Å². The van der Waals surface area contributed by atoms with E-state index < -0.39 is 0 Å². The number of anilines is 1. The lowest BCUT2D eigenvalue weighted by Gasteiger charge is -2.19. The van der Waals surface area contributed by atoms with Gasteiger partial charge in [0.05, 0.1) is 0 Å². The first-order chi connectivity index (χ1) is 15.3. The molecule has 5 aromatic rings. The van der Waals surface area contributed by atoms with E-state index in [0.717, 1.165) is 6.42 Å². The van der Waals surface area contributed by atoms with Crippen molar-refractivity contribution in [2.75, 3.05) is 5.32 Å².